The zero-order valence-corrected chi connectivity index (χ0v) is 15.6. The topological polar surface area (TPSA) is 85.0 Å². The van der Waals surface area contributed by atoms with Gasteiger partial charge in [0, 0.05) is 45.3 Å². The Bertz CT molecular complexity index is 950. The first-order valence-corrected chi connectivity index (χ1v) is 10.3. The number of hydrogen-bond acceptors (Lipinski definition) is 6. The predicted octanol–water partition coefficient (Wildman–Crippen LogP) is 0.617. The van der Waals surface area contributed by atoms with Crippen molar-refractivity contribution in [1.29, 1.82) is 0 Å². The van der Waals surface area contributed by atoms with Crippen LogP contribution in [0.5, 0.6) is 0 Å². The number of benzene rings is 1. The molecule has 2 saturated heterocycles. The Morgan fingerprint density at radius 1 is 1.08 bits per heavy atom. The summed E-state index contributed by atoms with van der Waals surface area (Å²) >= 11 is 0. The van der Waals surface area contributed by atoms with E-state index in [2.05, 4.69) is 4.90 Å². The summed E-state index contributed by atoms with van der Waals surface area (Å²) in [5.41, 5.74) is 0.877. The van der Waals surface area contributed by atoms with Crippen LogP contribution in [-0.4, -0.2) is 67.6 Å². The number of ether oxygens (including phenoxy) is 1. The van der Waals surface area contributed by atoms with Crippen LogP contribution >= 0.6 is 0 Å². The van der Waals surface area contributed by atoms with Crippen LogP contribution in [0.4, 0.5) is 0 Å². The number of sulfonamides is 1. The van der Waals surface area contributed by atoms with Gasteiger partial charge in [0.25, 0.3) is 0 Å². The van der Waals surface area contributed by atoms with E-state index < -0.39 is 15.8 Å². The average molecular weight is 381 g/mol. The smallest absolute Gasteiger partial charge is 0.408 e. The molecule has 9 heteroatoms. The van der Waals surface area contributed by atoms with Gasteiger partial charge in [0.2, 0.25) is 10.0 Å². The van der Waals surface area contributed by atoms with Gasteiger partial charge in [-0.05, 0) is 25.0 Å². The Kier molecular flexibility index (Phi) is 4.64. The third kappa shape index (κ3) is 3.09. The van der Waals surface area contributed by atoms with E-state index >= 15 is 0 Å². The summed E-state index contributed by atoms with van der Waals surface area (Å²) in [6.45, 7) is 4.34. The van der Waals surface area contributed by atoms with Crippen LogP contribution < -0.4 is 5.76 Å². The summed E-state index contributed by atoms with van der Waals surface area (Å²) in [7, 11) is -2.00. The minimum atomic E-state index is -3.59. The third-order valence-electron chi connectivity index (χ3n) is 5.39. The molecule has 0 saturated carbocycles. The second kappa shape index (κ2) is 6.80. The second-order valence-corrected chi connectivity index (χ2v) is 8.78. The van der Waals surface area contributed by atoms with E-state index in [-0.39, 0.29) is 4.90 Å². The molecular weight excluding hydrogens is 358 g/mol. The molecule has 2 aliphatic heterocycles. The molecule has 142 valence electrons. The molecule has 0 spiro atoms. The van der Waals surface area contributed by atoms with E-state index in [9.17, 15) is 13.2 Å². The summed E-state index contributed by atoms with van der Waals surface area (Å²) in [6, 6.07) is 5.02. The van der Waals surface area contributed by atoms with Crippen LogP contribution in [0, 0.1) is 0 Å². The van der Waals surface area contributed by atoms with Gasteiger partial charge in [-0.15, -0.1) is 0 Å². The molecule has 26 heavy (non-hydrogen) atoms. The van der Waals surface area contributed by atoms with Crippen LogP contribution in [0.25, 0.3) is 11.1 Å². The first-order chi connectivity index (χ1) is 12.5. The Morgan fingerprint density at radius 3 is 2.46 bits per heavy atom. The SMILES string of the molecule is Cn1c(=O)oc2cc(S(=O)(=O)N3CCC(N4CCOCC4)CC3)ccc21. The summed E-state index contributed by atoms with van der Waals surface area (Å²) in [5.74, 6) is -0.499. The van der Waals surface area contributed by atoms with Gasteiger partial charge in [-0.1, -0.05) is 0 Å². The van der Waals surface area contributed by atoms with Crippen molar-refractivity contribution in [2.75, 3.05) is 39.4 Å². The molecule has 0 amide bonds. The van der Waals surface area contributed by atoms with E-state index in [1.165, 1.54) is 14.9 Å². The number of rotatable bonds is 3. The first kappa shape index (κ1) is 17.7. The lowest BCUT2D eigenvalue weighted by molar-refractivity contribution is 0.00610. The molecule has 8 nitrogen and oxygen atoms in total. The lowest BCUT2D eigenvalue weighted by Crippen LogP contribution is -2.50. The highest BCUT2D eigenvalue weighted by Crippen LogP contribution is 2.25. The summed E-state index contributed by atoms with van der Waals surface area (Å²) in [6.07, 6.45) is 1.64. The number of aryl methyl sites for hydroxylation is 1. The van der Waals surface area contributed by atoms with E-state index in [4.69, 9.17) is 9.15 Å². The minimum Gasteiger partial charge on any atom is -0.408 e. The quantitative estimate of drug-likeness (QED) is 0.775. The number of fused-ring (bicyclic) bond motifs is 1. The number of morpholine rings is 1. The van der Waals surface area contributed by atoms with Crippen molar-refractivity contribution in [3.05, 3.63) is 28.7 Å². The summed E-state index contributed by atoms with van der Waals surface area (Å²) in [4.78, 5) is 14.2. The molecule has 2 aromatic rings. The van der Waals surface area contributed by atoms with E-state index in [0.29, 0.717) is 30.2 Å². The van der Waals surface area contributed by atoms with Gasteiger partial charge in [-0.3, -0.25) is 9.47 Å². The van der Waals surface area contributed by atoms with Crippen LogP contribution in [-0.2, 0) is 21.8 Å². The maximum absolute atomic E-state index is 13.0. The highest BCUT2D eigenvalue weighted by Gasteiger charge is 2.32. The molecule has 4 rings (SSSR count). The molecule has 0 radical (unpaired) electrons. The molecule has 1 aromatic carbocycles. The molecule has 1 aromatic heterocycles. The van der Waals surface area contributed by atoms with Crippen molar-refractivity contribution < 1.29 is 17.6 Å². The van der Waals surface area contributed by atoms with Crippen LogP contribution in [0.3, 0.4) is 0 Å². The predicted molar refractivity (Wildman–Crippen MR) is 95.6 cm³/mol. The Balaban J connectivity index is 1.51. The van der Waals surface area contributed by atoms with Crippen molar-refractivity contribution in [1.82, 2.24) is 13.8 Å². The van der Waals surface area contributed by atoms with Gasteiger partial charge in [0.1, 0.15) is 0 Å². The van der Waals surface area contributed by atoms with Gasteiger partial charge in [0.15, 0.2) is 5.58 Å². The van der Waals surface area contributed by atoms with Crippen LogP contribution in [0.1, 0.15) is 12.8 Å². The van der Waals surface area contributed by atoms with Gasteiger partial charge in [0.05, 0.1) is 23.6 Å². The molecule has 0 aliphatic carbocycles. The number of hydrogen-bond donors (Lipinski definition) is 0. The highest BCUT2D eigenvalue weighted by atomic mass is 32.2. The van der Waals surface area contributed by atoms with Crippen LogP contribution in [0.2, 0.25) is 0 Å². The van der Waals surface area contributed by atoms with E-state index in [0.717, 1.165) is 39.1 Å². The third-order valence-corrected chi connectivity index (χ3v) is 7.28. The molecule has 2 aliphatic rings. The molecule has 3 heterocycles. The fraction of sp³-hybridized carbons (Fsp3) is 0.588. The molecular formula is C17H23N3O5S. The summed E-state index contributed by atoms with van der Waals surface area (Å²) in [5, 5.41) is 0. The normalized spacial score (nSPS) is 21.4. The zero-order chi connectivity index (χ0) is 18.3. The van der Waals surface area contributed by atoms with E-state index in [1.54, 1.807) is 19.2 Å². The molecule has 0 atom stereocenters. The Hall–Kier alpha value is -1.68. The van der Waals surface area contributed by atoms with Crippen LogP contribution in [0.15, 0.2) is 32.3 Å². The molecule has 0 bridgehead atoms. The van der Waals surface area contributed by atoms with Crippen molar-refractivity contribution in [3.8, 4) is 0 Å². The van der Waals surface area contributed by atoms with Gasteiger partial charge in [-0.2, -0.15) is 4.31 Å². The summed E-state index contributed by atoms with van der Waals surface area (Å²) < 4.78 is 39.3. The van der Waals surface area contributed by atoms with E-state index in [1.807, 2.05) is 0 Å². The number of aromatic nitrogens is 1. The Labute approximate surface area is 152 Å². The van der Waals surface area contributed by atoms with Crippen molar-refractivity contribution in [2.24, 2.45) is 7.05 Å². The number of oxazole rings is 1. The number of nitrogens with zero attached hydrogens (tertiary/aromatic N) is 3. The monoisotopic (exact) mass is 381 g/mol. The van der Waals surface area contributed by atoms with Gasteiger partial charge >= 0.3 is 5.76 Å². The fourth-order valence-corrected chi connectivity index (χ4v) is 5.30. The van der Waals surface area contributed by atoms with Crippen molar-refractivity contribution >= 4 is 21.1 Å². The van der Waals surface area contributed by atoms with Crippen molar-refractivity contribution in [2.45, 2.75) is 23.8 Å². The highest BCUT2D eigenvalue weighted by molar-refractivity contribution is 7.89. The maximum Gasteiger partial charge on any atom is 0.419 e. The van der Waals surface area contributed by atoms with Gasteiger partial charge in [-0.25, -0.2) is 13.2 Å². The zero-order valence-electron chi connectivity index (χ0n) is 14.8. The Morgan fingerprint density at radius 2 is 1.77 bits per heavy atom. The molecule has 0 unspecified atom stereocenters. The largest absolute Gasteiger partial charge is 0.419 e. The standard InChI is InChI=1S/C17H23N3O5S/c1-18-15-3-2-14(12-16(15)25-17(18)21)26(22,23)20-6-4-13(5-7-20)19-8-10-24-11-9-19/h2-3,12-13H,4-11H2,1H3. The van der Waals surface area contributed by atoms with Crippen molar-refractivity contribution in [3.63, 3.8) is 0 Å². The minimum absolute atomic E-state index is 0.171. The number of piperidine rings is 1. The average Bonchev–Trinajstić information content (AvgIpc) is 2.96. The lowest BCUT2D eigenvalue weighted by atomic mass is 10.0. The molecule has 0 N–H and O–H groups in total. The second-order valence-electron chi connectivity index (χ2n) is 6.84. The first-order valence-electron chi connectivity index (χ1n) is 8.88. The lowest BCUT2D eigenvalue weighted by Gasteiger charge is -2.39. The fourth-order valence-electron chi connectivity index (χ4n) is 3.81. The van der Waals surface area contributed by atoms with Gasteiger partial charge < -0.3 is 9.15 Å². The molecule has 2 fully saturated rings. The maximum atomic E-state index is 13.0.